The molecule has 5 nitrogen and oxygen atoms in total. The summed E-state index contributed by atoms with van der Waals surface area (Å²) in [5.41, 5.74) is -2.98. The Hall–Kier alpha value is -0.650. The van der Waals surface area contributed by atoms with Gasteiger partial charge in [-0.15, -0.1) is 0 Å². The summed E-state index contributed by atoms with van der Waals surface area (Å²) in [4.78, 5) is 12.1. The number of aliphatic hydroxyl groups is 2. The maximum atomic E-state index is 12.1. The van der Waals surface area contributed by atoms with Crippen LogP contribution >= 0.6 is 0 Å². The highest BCUT2D eigenvalue weighted by atomic mass is 16.7. The molecule has 6 unspecified atom stereocenters. The summed E-state index contributed by atoms with van der Waals surface area (Å²) in [6.45, 7) is 5.93. The number of esters is 1. The van der Waals surface area contributed by atoms with E-state index in [1.165, 1.54) is 0 Å². The van der Waals surface area contributed by atoms with Crippen molar-refractivity contribution >= 4 is 5.97 Å². The molecule has 112 valence electrons. The Morgan fingerprint density at radius 1 is 1.40 bits per heavy atom. The summed E-state index contributed by atoms with van der Waals surface area (Å²) in [6.07, 6.45) is 1.71. The number of hydrogen-bond donors (Lipinski definition) is 2. The van der Waals surface area contributed by atoms with Gasteiger partial charge in [0.05, 0.1) is 12.0 Å². The molecule has 0 amide bonds. The molecule has 0 radical (unpaired) electrons. The number of epoxide rings is 1. The summed E-state index contributed by atoms with van der Waals surface area (Å²) in [5, 5.41) is 21.0. The van der Waals surface area contributed by atoms with Gasteiger partial charge in [-0.05, 0) is 25.2 Å². The molecule has 4 rings (SSSR count). The second-order valence-corrected chi connectivity index (χ2v) is 7.77. The molecule has 2 N–H and O–H groups in total. The number of aliphatic hydroxyl groups excluding tert-OH is 1. The van der Waals surface area contributed by atoms with Gasteiger partial charge in [-0.3, -0.25) is 4.79 Å². The first-order chi connectivity index (χ1) is 9.25. The molecule has 2 aliphatic carbocycles. The van der Waals surface area contributed by atoms with Crippen LogP contribution in [0.3, 0.4) is 0 Å². The SMILES string of the molecule is CC1C(=O)OC23CC(C)(C)C4OC42C(CO)CCC13O. The van der Waals surface area contributed by atoms with E-state index in [4.69, 9.17) is 9.47 Å². The normalized spacial score (nSPS) is 58.6. The summed E-state index contributed by atoms with van der Waals surface area (Å²) in [6, 6.07) is 0. The van der Waals surface area contributed by atoms with Gasteiger partial charge >= 0.3 is 5.97 Å². The zero-order chi connectivity index (χ0) is 14.6. The van der Waals surface area contributed by atoms with Crippen LogP contribution in [-0.2, 0) is 14.3 Å². The maximum Gasteiger partial charge on any atom is 0.312 e. The molecular weight excluding hydrogens is 260 g/mol. The first-order valence-corrected chi connectivity index (χ1v) is 7.49. The molecule has 2 spiro atoms. The Morgan fingerprint density at radius 2 is 2.10 bits per heavy atom. The van der Waals surface area contributed by atoms with E-state index in [0.717, 1.165) is 0 Å². The van der Waals surface area contributed by atoms with Gasteiger partial charge in [0.15, 0.2) is 5.60 Å². The molecule has 0 aromatic rings. The van der Waals surface area contributed by atoms with E-state index in [1.54, 1.807) is 6.92 Å². The molecule has 2 heterocycles. The number of carbonyl (C=O) groups is 1. The molecule has 6 atom stereocenters. The Balaban J connectivity index is 1.91. The zero-order valence-electron chi connectivity index (χ0n) is 12.2. The zero-order valence-corrected chi connectivity index (χ0v) is 12.2. The third-order valence-electron chi connectivity index (χ3n) is 6.44. The lowest BCUT2D eigenvalue weighted by Gasteiger charge is -2.50. The van der Waals surface area contributed by atoms with Crippen LogP contribution in [0.5, 0.6) is 0 Å². The molecule has 2 saturated heterocycles. The Labute approximate surface area is 118 Å². The molecule has 2 saturated carbocycles. The lowest BCUT2D eigenvalue weighted by molar-refractivity contribution is -0.215. The van der Waals surface area contributed by atoms with Crippen molar-refractivity contribution < 1.29 is 24.5 Å². The first-order valence-electron chi connectivity index (χ1n) is 7.49. The van der Waals surface area contributed by atoms with Crippen molar-refractivity contribution in [3.05, 3.63) is 0 Å². The Morgan fingerprint density at radius 3 is 2.70 bits per heavy atom. The van der Waals surface area contributed by atoms with E-state index >= 15 is 0 Å². The highest BCUT2D eigenvalue weighted by Gasteiger charge is 2.91. The molecule has 20 heavy (non-hydrogen) atoms. The van der Waals surface area contributed by atoms with Crippen LogP contribution in [-0.4, -0.2) is 45.7 Å². The lowest BCUT2D eigenvalue weighted by atomic mass is 9.59. The third-order valence-corrected chi connectivity index (χ3v) is 6.44. The molecule has 2 aliphatic heterocycles. The van der Waals surface area contributed by atoms with E-state index in [9.17, 15) is 15.0 Å². The Kier molecular flexibility index (Phi) is 2.11. The maximum absolute atomic E-state index is 12.1. The predicted octanol–water partition coefficient (Wildman–Crippen LogP) is 0.619. The monoisotopic (exact) mass is 282 g/mol. The van der Waals surface area contributed by atoms with Gasteiger partial charge in [0.2, 0.25) is 0 Å². The van der Waals surface area contributed by atoms with Crippen LogP contribution in [0, 0.1) is 17.3 Å². The number of ether oxygens (including phenoxy) is 2. The van der Waals surface area contributed by atoms with Crippen molar-refractivity contribution in [3.8, 4) is 0 Å². The highest BCUT2D eigenvalue weighted by Crippen LogP contribution is 2.76. The second-order valence-electron chi connectivity index (χ2n) is 7.77. The van der Waals surface area contributed by atoms with Crippen molar-refractivity contribution in [3.63, 3.8) is 0 Å². The van der Waals surface area contributed by atoms with Crippen molar-refractivity contribution in [2.75, 3.05) is 6.61 Å². The minimum atomic E-state index is -1.17. The molecule has 0 aromatic heterocycles. The highest BCUT2D eigenvalue weighted by molar-refractivity contribution is 5.79. The summed E-state index contributed by atoms with van der Waals surface area (Å²) < 4.78 is 11.8. The van der Waals surface area contributed by atoms with Crippen molar-refractivity contribution in [1.82, 2.24) is 0 Å². The fraction of sp³-hybridized carbons (Fsp3) is 0.933. The quantitative estimate of drug-likeness (QED) is 0.544. The van der Waals surface area contributed by atoms with Gasteiger partial charge in [-0.2, -0.15) is 0 Å². The molecule has 0 aromatic carbocycles. The smallest absolute Gasteiger partial charge is 0.312 e. The lowest BCUT2D eigenvalue weighted by Crippen LogP contribution is -2.66. The average molecular weight is 282 g/mol. The topological polar surface area (TPSA) is 79.3 Å². The standard InChI is InChI=1S/C15H22O5/c1-8-10(17)19-14-7-12(2,3)11-15(14,20-11)9(6-16)4-5-13(8,14)18/h8-9,11,16,18H,4-7H2,1-3H3. The van der Waals surface area contributed by atoms with E-state index < -0.39 is 22.7 Å². The summed E-state index contributed by atoms with van der Waals surface area (Å²) >= 11 is 0. The van der Waals surface area contributed by atoms with E-state index in [0.29, 0.717) is 19.3 Å². The van der Waals surface area contributed by atoms with Crippen LogP contribution < -0.4 is 0 Å². The molecule has 4 fully saturated rings. The van der Waals surface area contributed by atoms with Crippen LogP contribution in [0.25, 0.3) is 0 Å². The van der Waals surface area contributed by atoms with Gasteiger partial charge in [-0.1, -0.05) is 13.8 Å². The van der Waals surface area contributed by atoms with Crippen LogP contribution in [0.4, 0.5) is 0 Å². The number of carbonyl (C=O) groups excluding carboxylic acids is 1. The van der Waals surface area contributed by atoms with Crippen LogP contribution in [0.1, 0.15) is 40.0 Å². The fourth-order valence-electron chi connectivity index (χ4n) is 5.47. The van der Waals surface area contributed by atoms with Gasteiger partial charge in [0.25, 0.3) is 0 Å². The van der Waals surface area contributed by atoms with Crippen molar-refractivity contribution in [2.24, 2.45) is 17.3 Å². The van der Waals surface area contributed by atoms with Gasteiger partial charge in [0.1, 0.15) is 11.2 Å². The molecule has 0 bridgehead atoms. The minimum Gasteiger partial charge on any atom is -0.452 e. The third kappa shape index (κ3) is 1.02. The number of rotatable bonds is 1. The molecular formula is C15H22O5. The van der Waals surface area contributed by atoms with E-state index in [2.05, 4.69) is 13.8 Å². The van der Waals surface area contributed by atoms with Crippen LogP contribution in [0.15, 0.2) is 0 Å². The predicted molar refractivity (Wildman–Crippen MR) is 68.7 cm³/mol. The van der Waals surface area contributed by atoms with Crippen molar-refractivity contribution in [1.29, 1.82) is 0 Å². The van der Waals surface area contributed by atoms with E-state index in [-0.39, 0.29) is 30.0 Å². The van der Waals surface area contributed by atoms with E-state index in [1.807, 2.05) is 0 Å². The summed E-state index contributed by atoms with van der Waals surface area (Å²) in [7, 11) is 0. The number of hydrogen-bond acceptors (Lipinski definition) is 5. The fourth-order valence-corrected chi connectivity index (χ4v) is 5.47. The summed E-state index contributed by atoms with van der Waals surface area (Å²) in [5.74, 6) is -0.928. The van der Waals surface area contributed by atoms with Crippen molar-refractivity contribution in [2.45, 2.75) is 62.9 Å². The second kappa shape index (κ2) is 3.23. The Bertz CT molecular complexity index is 498. The van der Waals surface area contributed by atoms with Gasteiger partial charge in [-0.25, -0.2) is 0 Å². The van der Waals surface area contributed by atoms with Gasteiger partial charge in [0, 0.05) is 18.9 Å². The molecule has 5 heteroatoms. The molecule has 4 aliphatic rings. The minimum absolute atomic E-state index is 0.0103. The average Bonchev–Trinajstić information content (AvgIpc) is 3.04. The first kappa shape index (κ1) is 13.0. The van der Waals surface area contributed by atoms with Crippen LogP contribution in [0.2, 0.25) is 0 Å². The van der Waals surface area contributed by atoms with Gasteiger partial charge < -0.3 is 19.7 Å². The largest absolute Gasteiger partial charge is 0.452 e.